The third-order valence-electron chi connectivity index (χ3n) is 6.74. The minimum Gasteiger partial charge on any atom is -0.323 e. The second-order valence-electron chi connectivity index (χ2n) is 8.95. The Kier molecular flexibility index (Phi) is 5.40. The predicted molar refractivity (Wildman–Crippen MR) is 98.2 cm³/mol. The van der Waals surface area contributed by atoms with Crippen LogP contribution in [0, 0.1) is 5.41 Å². The number of urea groups is 1. The number of rotatable bonds is 3. The lowest BCUT2D eigenvalue weighted by atomic mass is 9.75. The summed E-state index contributed by atoms with van der Waals surface area (Å²) in [5.41, 5.74) is 0.530. The molecule has 2 atom stereocenters. The van der Waals surface area contributed by atoms with Crippen LogP contribution in [-0.4, -0.2) is 79.1 Å². The van der Waals surface area contributed by atoms with Crippen LogP contribution in [0.2, 0.25) is 0 Å². The van der Waals surface area contributed by atoms with Crippen molar-refractivity contribution >= 4 is 6.03 Å². The van der Waals surface area contributed by atoms with Gasteiger partial charge < -0.3 is 15.1 Å². The van der Waals surface area contributed by atoms with Crippen molar-refractivity contribution in [3.05, 3.63) is 0 Å². The summed E-state index contributed by atoms with van der Waals surface area (Å²) in [5.74, 6) is 0. The number of carbonyl (C=O) groups excluding carboxylic acids is 1. The second kappa shape index (κ2) is 7.20. The van der Waals surface area contributed by atoms with Gasteiger partial charge in [-0.3, -0.25) is 4.90 Å². The summed E-state index contributed by atoms with van der Waals surface area (Å²) >= 11 is 0. The van der Waals surface area contributed by atoms with Crippen LogP contribution in [-0.2, 0) is 0 Å². The number of likely N-dealkylation sites (N-methyl/N-ethyl adjacent to an activating group) is 2. The summed E-state index contributed by atoms with van der Waals surface area (Å²) in [6.07, 6.45) is 7.54. The van der Waals surface area contributed by atoms with Gasteiger partial charge in [-0.05, 0) is 51.0 Å². The van der Waals surface area contributed by atoms with Gasteiger partial charge in [0, 0.05) is 51.4 Å². The molecule has 1 N–H and O–H groups in total. The minimum absolute atomic E-state index is 0.226. The van der Waals surface area contributed by atoms with Crippen molar-refractivity contribution in [1.29, 1.82) is 0 Å². The van der Waals surface area contributed by atoms with Crippen molar-refractivity contribution < 1.29 is 4.79 Å². The zero-order valence-electron chi connectivity index (χ0n) is 16.1. The molecule has 138 valence electrons. The van der Waals surface area contributed by atoms with Crippen molar-refractivity contribution in [3.8, 4) is 0 Å². The highest BCUT2D eigenvalue weighted by Crippen LogP contribution is 2.38. The molecule has 1 saturated carbocycles. The average Bonchev–Trinajstić information content (AvgIpc) is 3.22. The molecule has 3 rings (SSSR count). The van der Waals surface area contributed by atoms with E-state index in [4.69, 9.17) is 0 Å². The van der Waals surface area contributed by atoms with E-state index in [1.165, 1.54) is 25.7 Å². The lowest BCUT2D eigenvalue weighted by molar-refractivity contribution is 0.116. The van der Waals surface area contributed by atoms with E-state index in [-0.39, 0.29) is 6.03 Å². The highest BCUT2D eigenvalue weighted by Gasteiger charge is 2.37. The zero-order valence-corrected chi connectivity index (χ0v) is 16.1. The Morgan fingerprint density at radius 3 is 2.42 bits per heavy atom. The summed E-state index contributed by atoms with van der Waals surface area (Å²) in [4.78, 5) is 19.5. The topological polar surface area (TPSA) is 38.8 Å². The van der Waals surface area contributed by atoms with Gasteiger partial charge in [0.05, 0.1) is 0 Å². The fourth-order valence-corrected chi connectivity index (χ4v) is 4.71. The predicted octanol–water partition coefficient (Wildman–Crippen LogP) is 2.38. The monoisotopic (exact) mass is 336 g/mol. The fraction of sp³-hybridized carbons (Fsp3) is 0.947. The number of likely N-dealkylation sites (tertiary alicyclic amines) is 2. The van der Waals surface area contributed by atoms with Gasteiger partial charge in [0.15, 0.2) is 0 Å². The molecule has 0 aromatic rings. The van der Waals surface area contributed by atoms with Gasteiger partial charge in [0.1, 0.15) is 0 Å². The number of nitrogens with one attached hydrogen (secondary N) is 1. The van der Waals surface area contributed by atoms with Crippen molar-refractivity contribution in [1.82, 2.24) is 20.0 Å². The fourth-order valence-electron chi connectivity index (χ4n) is 4.71. The number of hydrogen-bond donors (Lipinski definition) is 1. The first-order valence-corrected chi connectivity index (χ1v) is 9.83. The Hall–Kier alpha value is -0.810. The zero-order chi connectivity index (χ0) is 17.3. The molecular formula is C19H36N4O. The maximum Gasteiger partial charge on any atom is 0.320 e. The van der Waals surface area contributed by atoms with Gasteiger partial charge in [0.2, 0.25) is 0 Å². The summed E-state index contributed by atoms with van der Waals surface area (Å²) in [6.45, 7) is 8.77. The molecule has 2 unspecified atom stereocenters. The molecule has 2 aliphatic heterocycles. The Morgan fingerprint density at radius 2 is 1.79 bits per heavy atom. The van der Waals surface area contributed by atoms with E-state index in [1.54, 1.807) is 0 Å². The van der Waals surface area contributed by atoms with Crippen LogP contribution in [0.25, 0.3) is 0 Å². The highest BCUT2D eigenvalue weighted by atomic mass is 16.2. The van der Waals surface area contributed by atoms with E-state index in [9.17, 15) is 4.79 Å². The molecule has 0 aromatic carbocycles. The first-order chi connectivity index (χ1) is 11.4. The molecule has 1 aliphatic carbocycles. The molecular weight excluding hydrogens is 300 g/mol. The molecule has 0 bridgehead atoms. The van der Waals surface area contributed by atoms with E-state index < -0.39 is 0 Å². The molecule has 0 radical (unpaired) electrons. The number of amides is 2. The number of hydrogen-bond acceptors (Lipinski definition) is 3. The van der Waals surface area contributed by atoms with Crippen LogP contribution in [0.1, 0.15) is 52.4 Å². The molecule has 3 aliphatic rings. The van der Waals surface area contributed by atoms with E-state index in [0.29, 0.717) is 17.5 Å². The van der Waals surface area contributed by atoms with Crippen LogP contribution >= 0.6 is 0 Å². The van der Waals surface area contributed by atoms with Gasteiger partial charge in [-0.15, -0.1) is 0 Å². The van der Waals surface area contributed by atoms with Crippen LogP contribution in [0.3, 0.4) is 0 Å². The Bertz CT molecular complexity index is 443. The molecule has 5 nitrogen and oxygen atoms in total. The van der Waals surface area contributed by atoms with Crippen molar-refractivity contribution in [3.63, 3.8) is 0 Å². The van der Waals surface area contributed by atoms with Crippen LogP contribution in [0.5, 0.6) is 0 Å². The van der Waals surface area contributed by atoms with Crippen molar-refractivity contribution in [2.24, 2.45) is 5.41 Å². The summed E-state index contributed by atoms with van der Waals surface area (Å²) in [7, 11) is 4.00. The van der Waals surface area contributed by atoms with Crippen molar-refractivity contribution in [2.45, 2.75) is 70.5 Å². The Morgan fingerprint density at radius 1 is 1.08 bits per heavy atom. The molecule has 0 spiro atoms. The van der Waals surface area contributed by atoms with Gasteiger partial charge in [-0.1, -0.05) is 13.8 Å². The molecule has 3 fully saturated rings. The summed E-state index contributed by atoms with van der Waals surface area (Å²) < 4.78 is 0. The largest absolute Gasteiger partial charge is 0.323 e. The molecule has 24 heavy (non-hydrogen) atoms. The molecule has 2 saturated heterocycles. The minimum atomic E-state index is 0.226. The van der Waals surface area contributed by atoms with Gasteiger partial charge in [-0.2, -0.15) is 0 Å². The SMILES string of the molecule is CNC1CCN(C(=O)N(C)C2CCN(C3CCC(C)(C)CC3)C2)C1. The standard InChI is InChI=1S/C19H36N4O/c1-19(2)9-5-16(6-10-19)22-12-8-17(14-22)21(4)18(24)23-11-7-15(13-23)20-3/h15-17,20H,5-14H2,1-4H3. The van der Waals surface area contributed by atoms with E-state index in [2.05, 4.69) is 24.1 Å². The van der Waals surface area contributed by atoms with E-state index in [1.807, 2.05) is 23.9 Å². The maximum absolute atomic E-state index is 12.8. The molecule has 5 heteroatoms. The van der Waals surface area contributed by atoms with E-state index >= 15 is 0 Å². The highest BCUT2D eigenvalue weighted by molar-refractivity contribution is 5.75. The average molecular weight is 337 g/mol. The molecule has 2 amide bonds. The lowest BCUT2D eigenvalue weighted by Crippen LogP contribution is -2.47. The van der Waals surface area contributed by atoms with Gasteiger partial charge >= 0.3 is 6.03 Å². The number of nitrogens with zero attached hydrogens (tertiary/aromatic N) is 3. The van der Waals surface area contributed by atoms with Crippen molar-refractivity contribution in [2.75, 3.05) is 40.3 Å². The Balaban J connectivity index is 1.49. The van der Waals surface area contributed by atoms with Crippen LogP contribution < -0.4 is 5.32 Å². The number of carbonyl (C=O) groups is 1. The molecule has 2 heterocycles. The Labute approximate surface area is 147 Å². The van der Waals surface area contributed by atoms with Gasteiger partial charge in [-0.25, -0.2) is 4.79 Å². The quantitative estimate of drug-likeness (QED) is 0.860. The third-order valence-corrected chi connectivity index (χ3v) is 6.74. The lowest BCUT2D eigenvalue weighted by Gasteiger charge is -2.39. The third kappa shape index (κ3) is 3.88. The van der Waals surface area contributed by atoms with Crippen LogP contribution in [0.4, 0.5) is 4.79 Å². The summed E-state index contributed by atoms with van der Waals surface area (Å²) in [5, 5.41) is 3.29. The van der Waals surface area contributed by atoms with E-state index in [0.717, 1.165) is 45.1 Å². The maximum atomic E-state index is 12.8. The first-order valence-electron chi connectivity index (χ1n) is 9.83. The first kappa shape index (κ1) is 18.0. The smallest absolute Gasteiger partial charge is 0.320 e. The second-order valence-corrected chi connectivity index (χ2v) is 8.95. The van der Waals surface area contributed by atoms with Crippen LogP contribution in [0.15, 0.2) is 0 Å². The molecule has 0 aromatic heterocycles. The normalized spacial score (nSPS) is 31.6. The summed E-state index contributed by atoms with van der Waals surface area (Å²) in [6, 6.07) is 1.82. The van der Waals surface area contributed by atoms with Gasteiger partial charge in [0.25, 0.3) is 0 Å².